The fourth-order valence-corrected chi connectivity index (χ4v) is 2.83. The number of nitrogens with zero attached hydrogens (tertiary/aromatic N) is 2. The first-order valence-electron chi connectivity index (χ1n) is 9.25. The number of nitrogens with one attached hydrogen (secondary N) is 1. The second-order valence-electron chi connectivity index (χ2n) is 6.46. The van der Waals surface area contributed by atoms with Gasteiger partial charge in [-0.3, -0.25) is 9.53 Å². The lowest BCUT2D eigenvalue weighted by Crippen LogP contribution is -2.43. The van der Waals surface area contributed by atoms with Crippen LogP contribution in [-0.4, -0.2) is 54.9 Å². The maximum Gasteiger partial charge on any atom is 0.522 e. The number of carbonyl (C=O) groups is 1. The van der Waals surface area contributed by atoms with Gasteiger partial charge in [-0.05, 0) is 37.1 Å². The van der Waals surface area contributed by atoms with Crippen LogP contribution in [0.2, 0.25) is 5.02 Å². The average molecular weight is 466 g/mol. The lowest BCUT2D eigenvalue weighted by molar-refractivity contribution is -0.325. The Hall–Kier alpha value is -2.57. The average Bonchev–Trinajstić information content (AvgIpc) is 3.20. The topological polar surface area (TPSA) is 105 Å². The van der Waals surface area contributed by atoms with Gasteiger partial charge in [0.05, 0.1) is 19.3 Å². The summed E-state index contributed by atoms with van der Waals surface area (Å²) in [6.45, 7) is -1.04. The summed E-state index contributed by atoms with van der Waals surface area (Å²) < 4.78 is 60.4. The van der Waals surface area contributed by atoms with Crippen molar-refractivity contribution in [3.8, 4) is 11.8 Å². The summed E-state index contributed by atoms with van der Waals surface area (Å²) in [5.41, 5.74) is 0. The Bertz CT molecular complexity index is 841. The van der Waals surface area contributed by atoms with Crippen molar-refractivity contribution in [3.63, 3.8) is 0 Å². The minimum absolute atomic E-state index is 0.141. The zero-order valence-corrected chi connectivity index (χ0v) is 16.8. The molecule has 0 aliphatic carbocycles. The second kappa shape index (κ2) is 10.6. The van der Waals surface area contributed by atoms with E-state index in [4.69, 9.17) is 30.2 Å². The number of rotatable bonds is 9. The summed E-state index contributed by atoms with van der Waals surface area (Å²) in [6, 6.07) is 6.43. The molecule has 1 amide bonds. The Balaban J connectivity index is 1.35. The molecule has 0 saturated carbocycles. The van der Waals surface area contributed by atoms with Crippen molar-refractivity contribution in [1.82, 2.24) is 15.5 Å². The van der Waals surface area contributed by atoms with E-state index in [1.807, 2.05) is 0 Å². The summed E-state index contributed by atoms with van der Waals surface area (Å²) in [6.07, 6.45) is -4.43. The maximum atomic E-state index is 12.0. The molecule has 2 heterocycles. The van der Waals surface area contributed by atoms with Gasteiger partial charge in [0.25, 0.3) is 5.91 Å². The maximum absolute atomic E-state index is 12.0. The van der Waals surface area contributed by atoms with Crippen molar-refractivity contribution in [3.05, 3.63) is 35.2 Å². The molecule has 1 aromatic carbocycles. The molecule has 13 heteroatoms. The minimum atomic E-state index is -4.73. The monoisotopic (exact) mass is 465 g/mol. The highest BCUT2D eigenvalue weighted by molar-refractivity contribution is 6.30. The van der Waals surface area contributed by atoms with E-state index >= 15 is 0 Å². The molecule has 3 rings (SSSR count). The molecule has 0 radical (unpaired) electrons. The quantitative estimate of drug-likeness (QED) is 0.563. The summed E-state index contributed by atoms with van der Waals surface area (Å²) in [5, 5.41) is 10.8. The number of hydrogen-bond acceptors (Lipinski definition) is 8. The largest absolute Gasteiger partial charge is 0.522 e. The van der Waals surface area contributed by atoms with E-state index < -0.39 is 25.7 Å². The van der Waals surface area contributed by atoms with Crippen LogP contribution in [0, 0.1) is 0 Å². The van der Waals surface area contributed by atoms with E-state index in [0.717, 1.165) is 0 Å². The first-order chi connectivity index (χ1) is 14.8. The molecular weight excluding hydrogens is 447 g/mol. The van der Waals surface area contributed by atoms with Crippen LogP contribution in [0.5, 0.6) is 11.8 Å². The molecule has 0 unspecified atom stereocenters. The van der Waals surface area contributed by atoms with Gasteiger partial charge in [-0.2, -0.15) is 0 Å². The highest BCUT2D eigenvalue weighted by Crippen LogP contribution is 2.28. The van der Waals surface area contributed by atoms with Gasteiger partial charge >= 0.3 is 12.4 Å². The molecule has 1 aromatic heterocycles. The summed E-state index contributed by atoms with van der Waals surface area (Å²) in [4.78, 5) is 12.0. The van der Waals surface area contributed by atoms with E-state index in [-0.39, 0.29) is 37.1 Å². The van der Waals surface area contributed by atoms with E-state index in [2.05, 4.69) is 20.3 Å². The van der Waals surface area contributed by atoms with Crippen molar-refractivity contribution in [2.45, 2.75) is 31.3 Å². The standard InChI is InChI=1S/C18H19ClF3N3O6/c19-11-1-4-13(5-2-11)28-10-15(26)23-12-3-6-14(29-9-12)16-24-25-17(31-16)27-7-8-30-18(20,21)22/h1-2,4-5,12,14H,3,6-10H2,(H,23,26)/t12-,14+/m1/s1. The Morgan fingerprint density at radius 1 is 1.16 bits per heavy atom. The molecule has 0 bridgehead atoms. The summed E-state index contributed by atoms with van der Waals surface area (Å²) in [5.74, 6) is 0.373. The van der Waals surface area contributed by atoms with Gasteiger partial charge < -0.3 is 23.9 Å². The first-order valence-corrected chi connectivity index (χ1v) is 9.62. The number of benzene rings is 1. The van der Waals surface area contributed by atoms with Crippen molar-refractivity contribution in [2.75, 3.05) is 26.4 Å². The normalized spacial score (nSPS) is 19.1. The van der Waals surface area contributed by atoms with Crippen LogP contribution in [-0.2, 0) is 14.3 Å². The fourth-order valence-electron chi connectivity index (χ4n) is 2.70. The smallest absolute Gasteiger partial charge is 0.484 e. The Labute approximate surface area is 179 Å². The van der Waals surface area contributed by atoms with Gasteiger partial charge in [-0.15, -0.1) is 18.3 Å². The van der Waals surface area contributed by atoms with Gasteiger partial charge in [0.1, 0.15) is 18.5 Å². The highest BCUT2D eigenvalue weighted by Gasteiger charge is 2.30. The van der Waals surface area contributed by atoms with Crippen molar-refractivity contribution >= 4 is 17.5 Å². The van der Waals surface area contributed by atoms with Crippen molar-refractivity contribution < 1.29 is 41.3 Å². The molecule has 170 valence electrons. The molecule has 1 aliphatic heterocycles. The van der Waals surface area contributed by atoms with Gasteiger partial charge in [0.2, 0.25) is 5.89 Å². The number of hydrogen-bond donors (Lipinski definition) is 1. The van der Waals surface area contributed by atoms with Crippen molar-refractivity contribution in [2.24, 2.45) is 0 Å². The summed E-state index contributed by atoms with van der Waals surface area (Å²) >= 11 is 5.79. The fraction of sp³-hybridized carbons (Fsp3) is 0.500. The number of ether oxygens (including phenoxy) is 4. The third kappa shape index (κ3) is 7.89. The van der Waals surface area contributed by atoms with Crippen LogP contribution < -0.4 is 14.8 Å². The molecule has 1 fully saturated rings. The van der Waals surface area contributed by atoms with E-state index in [1.165, 1.54) is 0 Å². The molecule has 31 heavy (non-hydrogen) atoms. The minimum Gasteiger partial charge on any atom is -0.484 e. The predicted molar refractivity (Wildman–Crippen MR) is 98.6 cm³/mol. The zero-order valence-electron chi connectivity index (χ0n) is 16.1. The number of halogens is 4. The van der Waals surface area contributed by atoms with Crippen LogP contribution >= 0.6 is 11.6 Å². The predicted octanol–water partition coefficient (Wildman–Crippen LogP) is 3.05. The van der Waals surface area contributed by atoms with E-state index in [9.17, 15) is 18.0 Å². The Morgan fingerprint density at radius 2 is 1.94 bits per heavy atom. The number of carbonyl (C=O) groups excluding carboxylic acids is 1. The molecule has 1 saturated heterocycles. The summed E-state index contributed by atoms with van der Waals surface area (Å²) in [7, 11) is 0. The van der Waals surface area contributed by atoms with Crippen molar-refractivity contribution in [1.29, 1.82) is 0 Å². The number of alkyl halides is 3. The highest BCUT2D eigenvalue weighted by atomic mass is 35.5. The van der Waals surface area contributed by atoms with Crippen LogP contribution in [0.4, 0.5) is 13.2 Å². The van der Waals surface area contributed by atoms with Gasteiger partial charge in [0.15, 0.2) is 6.61 Å². The second-order valence-corrected chi connectivity index (χ2v) is 6.89. The third-order valence-electron chi connectivity index (χ3n) is 4.10. The lowest BCUT2D eigenvalue weighted by Gasteiger charge is -2.27. The Morgan fingerprint density at radius 3 is 2.61 bits per heavy atom. The van der Waals surface area contributed by atoms with E-state index in [0.29, 0.717) is 23.6 Å². The first kappa shape index (κ1) is 23.1. The van der Waals surface area contributed by atoms with Crippen LogP contribution in [0.15, 0.2) is 28.7 Å². The lowest BCUT2D eigenvalue weighted by atomic mass is 10.1. The van der Waals surface area contributed by atoms with Crippen LogP contribution in [0.25, 0.3) is 0 Å². The zero-order chi connectivity index (χ0) is 22.3. The molecule has 0 spiro atoms. The molecule has 1 aliphatic rings. The van der Waals surface area contributed by atoms with Crippen LogP contribution in [0.3, 0.4) is 0 Å². The number of aromatic nitrogens is 2. The molecule has 1 N–H and O–H groups in total. The molecule has 2 atom stereocenters. The molecular formula is C18H19ClF3N3O6. The van der Waals surface area contributed by atoms with E-state index in [1.54, 1.807) is 24.3 Å². The van der Waals surface area contributed by atoms with Gasteiger partial charge in [-0.1, -0.05) is 16.7 Å². The van der Waals surface area contributed by atoms with Gasteiger partial charge in [-0.25, -0.2) is 0 Å². The Kier molecular flexibility index (Phi) is 7.93. The van der Waals surface area contributed by atoms with Gasteiger partial charge in [0, 0.05) is 5.02 Å². The van der Waals surface area contributed by atoms with Crippen LogP contribution in [0.1, 0.15) is 24.8 Å². The molecule has 9 nitrogen and oxygen atoms in total. The third-order valence-corrected chi connectivity index (χ3v) is 4.35. The SMILES string of the molecule is O=C(COc1ccc(Cl)cc1)N[C@@H]1CC[C@@H](c2nnc(OCCOC(F)(F)F)o2)OC1. The number of amides is 1. The molecule has 2 aromatic rings.